The highest BCUT2D eigenvalue weighted by Crippen LogP contribution is 2.29. The van der Waals surface area contributed by atoms with Gasteiger partial charge in [0.2, 0.25) is 0 Å². The van der Waals surface area contributed by atoms with E-state index in [9.17, 15) is 0 Å². The van der Waals surface area contributed by atoms with Gasteiger partial charge in [-0.1, -0.05) is 31.5 Å². The Kier molecular flexibility index (Phi) is 3.48. The third-order valence-electron chi connectivity index (χ3n) is 2.54. The first-order valence-electron chi connectivity index (χ1n) is 5.31. The van der Waals surface area contributed by atoms with Gasteiger partial charge in [0.15, 0.2) is 0 Å². The fourth-order valence-electron chi connectivity index (χ4n) is 1.77. The van der Waals surface area contributed by atoms with Crippen LogP contribution >= 0.6 is 22.6 Å². The molecule has 84 valence electrons. The lowest BCUT2D eigenvalue weighted by Crippen LogP contribution is -1.93. The summed E-state index contributed by atoms with van der Waals surface area (Å²) in [4.78, 5) is 0. The molecule has 0 radical (unpaired) electrons. The second kappa shape index (κ2) is 4.86. The fraction of sp³-hybridized carbons (Fsp3) is 0.250. The standard InChI is InChI=1S/C12H14IN3/c1-2-5-9-11(15-16-12(9)14)8-6-3-4-7-10(8)13/h3-4,6-7H,2,5H2,1H3,(H3,14,15,16). The van der Waals surface area contributed by atoms with Crippen LogP contribution in [0.1, 0.15) is 18.9 Å². The Hall–Kier alpha value is -1.04. The fourth-order valence-corrected chi connectivity index (χ4v) is 2.43. The third-order valence-corrected chi connectivity index (χ3v) is 3.48. The van der Waals surface area contributed by atoms with Gasteiger partial charge in [-0.05, 0) is 35.1 Å². The summed E-state index contributed by atoms with van der Waals surface area (Å²) in [5, 5.41) is 7.14. The Morgan fingerprint density at radius 3 is 2.81 bits per heavy atom. The van der Waals surface area contributed by atoms with Crippen molar-refractivity contribution in [2.45, 2.75) is 19.8 Å². The van der Waals surface area contributed by atoms with Gasteiger partial charge < -0.3 is 5.73 Å². The lowest BCUT2D eigenvalue weighted by molar-refractivity contribution is 0.927. The van der Waals surface area contributed by atoms with Crippen molar-refractivity contribution in [1.82, 2.24) is 10.2 Å². The second-order valence-electron chi connectivity index (χ2n) is 3.69. The Bertz CT molecular complexity index is 491. The van der Waals surface area contributed by atoms with E-state index in [1.165, 1.54) is 9.13 Å². The molecule has 0 fully saturated rings. The molecule has 0 spiro atoms. The number of nitrogens with zero attached hydrogens (tertiary/aromatic N) is 1. The molecule has 3 nitrogen and oxygen atoms in total. The zero-order valence-electron chi connectivity index (χ0n) is 9.13. The number of nitrogen functional groups attached to an aromatic ring is 1. The summed E-state index contributed by atoms with van der Waals surface area (Å²) >= 11 is 2.33. The van der Waals surface area contributed by atoms with Crippen LogP contribution in [0.2, 0.25) is 0 Å². The SMILES string of the molecule is CCCc1c(N)n[nH]c1-c1ccccc1I. The van der Waals surface area contributed by atoms with Crippen LogP contribution in [-0.2, 0) is 6.42 Å². The molecule has 0 bridgehead atoms. The maximum absolute atomic E-state index is 5.87. The van der Waals surface area contributed by atoms with Crippen LogP contribution < -0.4 is 5.73 Å². The smallest absolute Gasteiger partial charge is 0.149 e. The molecule has 1 heterocycles. The van der Waals surface area contributed by atoms with Crippen molar-refractivity contribution in [2.75, 3.05) is 5.73 Å². The number of rotatable bonds is 3. The lowest BCUT2D eigenvalue weighted by atomic mass is 10.0. The van der Waals surface area contributed by atoms with Crippen LogP contribution in [0.4, 0.5) is 5.82 Å². The van der Waals surface area contributed by atoms with Gasteiger partial charge in [-0.3, -0.25) is 5.10 Å². The van der Waals surface area contributed by atoms with Crippen LogP contribution in [0, 0.1) is 3.57 Å². The van der Waals surface area contributed by atoms with Gasteiger partial charge >= 0.3 is 0 Å². The van der Waals surface area contributed by atoms with Gasteiger partial charge in [-0.15, -0.1) is 0 Å². The van der Waals surface area contributed by atoms with Crippen molar-refractivity contribution in [3.63, 3.8) is 0 Å². The number of halogens is 1. The summed E-state index contributed by atoms with van der Waals surface area (Å²) in [6, 6.07) is 8.24. The van der Waals surface area contributed by atoms with Crippen LogP contribution in [-0.4, -0.2) is 10.2 Å². The molecule has 2 aromatic rings. The Morgan fingerprint density at radius 2 is 2.12 bits per heavy atom. The quantitative estimate of drug-likeness (QED) is 0.851. The first kappa shape index (κ1) is 11.4. The van der Waals surface area contributed by atoms with Gasteiger partial charge in [-0.25, -0.2) is 0 Å². The van der Waals surface area contributed by atoms with E-state index in [4.69, 9.17) is 5.73 Å². The molecule has 16 heavy (non-hydrogen) atoms. The molecule has 0 saturated carbocycles. The Morgan fingerprint density at radius 1 is 1.38 bits per heavy atom. The van der Waals surface area contributed by atoms with Crippen molar-refractivity contribution < 1.29 is 0 Å². The molecule has 1 aromatic heterocycles. The van der Waals surface area contributed by atoms with Gasteiger partial charge in [0.25, 0.3) is 0 Å². The lowest BCUT2D eigenvalue weighted by Gasteiger charge is -2.05. The molecule has 0 aliphatic rings. The number of nitrogens with two attached hydrogens (primary N) is 1. The third kappa shape index (κ3) is 2.07. The van der Waals surface area contributed by atoms with E-state index in [0.29, 0.717) is 5.82 Å². The first-order valence-corrected chi connectivity index (χ1v) is 6.39. The minimum Gasteiger partial charge on any atom is -0.382 e. The van der Waals surface area contributed by atoms with Gasteiger partial charge in [0.1, 0.15) is 5.82 Å². The van der Waals surface area contributed by atoms with Crippen molar-refractivity contribution in [2.24, 2.45) is 0 Å². The first-order chi connectivity index (χ1) is 7.74. The van der Waals surface area contributed by atoms with E-state index in [0.717, 1.165) is 24.1 Å². The number of H-pyrrole nitrogens is 1. The minimum atomic E-state index is 0.622. The van der Waals surface area contributed by atoms with Gasteiger partial charge in [0, 0.05) is 14.7 Å². The number of nitrogens with one attached hydrogen (secondary N) is 1. The maximum Gasteiger partial charge on any atom is 0.149 e. The topological polar surface area (TPSA) is 54.7 Å². The monoisotopic (exact) mass is 327 g/mol. The molecule has 3 N–H and O–H groups in total. The van der Waals surface area contributed by atoms with E-state index in [-0.39, 0.29) is 0 Å². The molecule has 0 aliphatic heterocycles. The van der Waals surface area contributed by atoms with E-state index >= 15 is 0 Å². The predicted octanol–water partition coefficient (Wildman–Crippen LogP) is 3.22. The molecule has 2 rings (SSSR count). The Balaban J connectivity index is 2.52. The average molecular weight is 327 g/mol. The molecule has 4 heteroatoms. The minimum absolute atomic E-state index is 0.622. The molecular weight excluding hydrogens is 313 g/mol. The summed E-state index contributed by atoms with van der Waals surface area (Å²) in [6.45, 7) is 2.15. The normalized spacial score (nSPS) is 10.6. The average Bonchev–Trinajstić information content (AvgIpc) is 2.62. The molecule has 0 unspecified atom stereocenters. The highest BCUT2D eigenvalue weighted by molar-refractivity contribution is 14.1. The summed E-state index contributed by atoms with van der Waals surface area (Å²) in [5.74, 6) is 0.622. The van der Waals surface area contributed by atoms with Crippen molar-refractivity contribution >= 4 is 28.4 Å². The number of benzene rings is 1. The number of aromatic amines is 1. The molecule has 0 saturated heterocycles. The summed E-state index contributed by atoms with van der Waals surface area (Å²) in [7, 11) is 0. The molecular formula is C12H14IN3. The van der Waals surface area contributed by atoms with E-state index in [1.54, 1.807) is 0 Å². The van der Waals surface area contributed by atoms with Gasteiger partial charge in [-0.2, -0.15) is 5.10 Å². The number of hydrogen-bond donors (Lipinski definition) is 2. The van der Waals surface area contributed by atoms with Crippen LogP contribution in [0.15, 0.2) is 24.3 Å². The molecule has 0 amide bonds. The van der Waals surface area contributed by atoms with Crippen molar-refractivity contribution in [3.05, 3.63) is 33.4 Å². The highest BCUT2D eigenvalue weighted by Gasteiger charge is 2.13. The highest BCUT2D eigenvalue weighted by atomic mass is 127. The number of anilines is 1. The van der Waals surface area contributed by atoms with Gasteiger partial charge in [0.05, 0.1) is 5.69 Å². The number of hydrogen-bond acceptors (Lipinski definition) is 2. The zero-order valence-corrected chi connectivity index (χ0v) is 11.3. The zero-order chi connectivity index (χ0) is 11.5. The Labute approximate surface area is 109 Å². The molecule has 0 aliphatic carbocycles. The van der Waals surface area contributed by atoms with E-state index in [1.807, 2.05) is 12.1 Å². The number of aromatic nitrogens is 2. The maximum atomic E-state index is 5.87. The summed E-state index contributed by atoms with van der Waals surface area (Å²) in [6.07, 6.45) is 2.03. The van der Waals surface area contributed by atoms with Crippen molar-refractivity contribution in [3.8, 4) is 11.3 Å². The second-order valence-corrected chi connectivity index (χ2v) is 4.85. The largest absolute Gasteiger partial charge is 0.382 e. The van der Waals surface area contributed by atoms with Crippen LogP contribution in [0.25, 0.3) is 11.3 Å². The van der Waals surface area contributed by atoms with Crippen molar-refractivity contribution in [1.29, 1.82) is 0 Å². The van der Waals surface area contributed by atoms with Crippen LogP contribution in [0.3, 0.4) is 0 Å². The predicted molar refractivity (Wildman–Crippen MR) is 75.1 cm³/mol. The van der Waals surface area contributed by atoms with E-state index in [2.05, 4.69) is 51.8 Å². The summed E-state index contributed by atoms with van der Waals surface area (Å²) in [5.41, 5.74) is 9.24. The summed E-state index contributed by atoms with van der Waals surface area (Å²) < 4.78 is 1.21. The van der Waals surface area contributed by atoms with Crippen LogP contribution in [0.5, 0.6) is 0 Å². The molecule has 1 aromatic carbocycles. The molecule has 0 atom stereocenters. The van der Waals surface area contributed by atoms with E-state index < -0.39 is 0 Å².